The molecule has 0 aliphatic heterocycles. The molecule has 1 aliphatic rings. The lowest BCUT2D eigenvalue weighted by molar-refractivity contribution is 0.0526. The van der Waals surface area contributed by atoms with Gasteiger partial charge in [0.25, 0.3) is 5.56 Å². The molecule has 0 N–H and O–H groups in total. The molecule has 3 rings (SSSR count). The first kappa shape index (κ1) is 14.9. The van der Waals surface area contributed by atoms with Gasteiger partial charge >= 0.3 is 5.97 Å². The molecule has 0 saturated heterocycles. The number of aryl methyl sites for hydroxylation is 1. The van der Waals surface area contributed by atoms with Crippen molar-refractivity contribution in [1.29, 1.82) is 0 Å². The van der Waals surface area contributed by atoms with Crippen molar-refractivity contribution < 1.29 is 9.53 Å². The number of hydrogen-bond acceptors (Lipinski definition) is 6. The summed E-state index contributed by atoms with van der Waals surface area (Å²) in [7, 11) is 0. The molecule has 22 heavy (non-hydrogen) atoms. The van der Waals surface area contributed by atoms with E-state index in [1.54, 1.807) is 24.0 Å². The van der Waals surface area contributed by atoms with Crippen LogP contribution < -0.4 is 5.56 Å². The van der Waals surface area contributed by atoms with Gasteiger partial charge in [-0.05, 0) is 32.6 Å². The third-order valence-electron chi connectivity index (χ3n) is 3.64. The summed E-state index contributed by atoms with van der Waals surface area (Å²) in [5.74, 6) is -0.422. The summed E-state index contributed by atoms with van der Waals surface area (Å²) >= 11 is 1.25. The normalized spacial score (nSPS) is 13.7. The first-order chi connectivity index (χ1) is 10.7. The fourth-order valence-corrected chi connectivity index (χ4v) is 3.38. The van der Waals surface area contributed by atoms with Crippen LogP contribution in [0.15, 0.2) is 17.3 Å². The summed E-state index contributed by atoms with van der Waals surface area (Å²) < 4.78 is 6.51. The molecular weight excluding hydrogens is 302 g/mol. The van der Waals surface area contributed by atoms with E-state index in [4.69, 9.17) is 4.74 Å². The van der Waals surface area contributed by atoms with Gasteiger partial charge in [-0.15, -0.1) is 11.3 Å². The second-order valence-electron chi connectivity index (χ2n) is 5.16. The third-order valence-corrected chi connectivity index (χ3v) is 4.60. The fraction of sp³-hybridized carbons (Fsp3) is 0.467. The molecule has 0 aromatic carbocycles. The average Bonchev–Trinajstić information content (AvgIpc) is 2.99. The molecule has 0 bridgehead atoms. The van der Waals surface area contributed by atoms with Gasteiger partial charge in [0.2, 0.25) is 5.01 Å². The fourth-order valence-electron chi connectivity index (χ4n) is 2.58. The number of esters is 1. The van der Waals surface area contributed by atoms with Gasteiger partial charge in [-0.1, -0.05) is 0 Å². The van der Waals surface area contributed by atoms with E-state index in [1.807, 2.05) is 0 Å². The van der Waals surface area contributed by atoms with Crippen LogP contribution in [0, 0.1) is 0 Å². The van der Waals surface area contributed by atoms with E-state index in [0.717, 1.165) is 41.8 Å². The summed E-state index contributed by atoms with van der Waals surface area (Å²) in [6.45, 7) is 2.46. The summed E-state index contributed by atoms with van der Waals surface area (Å²) in [5.41, 5.74) is 1.80. The summed E-state index contributed by atoms with van der Waals surface area (Å²) in [5, 5.41) is 0.316. The van der Waals surface area contributed by atoms with Crippen LogP contribution in [0.4, 0.5) is 0 Å². The molecule has 0 atom stereocenters. The molecule has 6 nitrogen and oxygen atoms in total. The summed E-state index contributed by atoms with van der Waals surface area (Å²) in [6, 6.07) is 0. The monoisotopic (exact) mass is 319 g/mol. The molecule has 2 heterocycles. The van der Waals surface area contributed by atoms with E-state index in [9.17, 15) is 9.59 Å². The molecule has 0 saturated carbocycles. The molecule has 7 heteroatoms. The van der Waals surface area contributed by atoms with Crippen LogP contribution in [-0.2, 0) is 24.1 Å². The van der Waals surface area contributed by atoms with Crippen molar-refractivity contribution in [3.8, 4) is 0 Å². The van der Waals surface area contributed by atoms with Crippen molar-refractivity contribution in [3.05, 3.63) is 44.0 Å². The SMILES string of the molecule is CCOC(=O)c1ncc(Cn2cnc3c(c2=O)CCCC3)s1. The lowest BCUT2D eigenvalue weighted by atomic mass is 9.97. The summed E-state index contributed by atoms with van der Waals surface area (Å²) in [4.78, 5) is 33.4. The molecule has 0 unspecified atom stereocenters. The first-order valence-corrected chi connectivity index (χ1v) is 8.19. The zero-order valence-corrected chi connectivity index (χ0v) is 13.2. The van der Waals surface area contributed by atoms with E-state index in [0.29, 0.717) is 18.2 Å². The zero-order chi connectivity index (χ0) is 15.5. The molecular formula is C15H17N3O3S. The lowest BCUT2D eigenvalue weighted by Crippen LogP contribution is -2.28. The van der Waals surface area contributed by atoms with E-state index in [-0.39, 0.29) is 5.56 Å². The third kappa shape index (κ3) is 2.94. The quantitative estimate of drug-likeness (QED) is 0.803. The maximum atomic E-state index is 12.5. The van der Waals surface area contributed by atoms with Crippen molar-refractivity contribution in [3.63, 3.8) is 0 Å². The number of carbonyl (C=O) groups is 1. The topological polar surface area (TPSA) is 74.1 Å². The van der Waals surface area contributed by atoms with Gasteiger partial charge in [0, 0.05) is 16.6 Å². The molecule has 0 fully saturated rings. The van der Waals surface area contributed by atoms with Crippen molar-refractivity contribution in [1.82, 2.24) is 14.5 Å². The number of carbonyl (C=O) groups excluding carboxylic acids is 1. The van der Waals surface area contributed by atoms with Gasteiger partial charge in [-0.25, -0.2) is 14.8 Å². The Labute approximate surface area is 131 Å². The minimum atomic E-state index is -0.422. The van der Waals surface area contributed by atoms with Crippen molar-refractivity contribution >= 4 is 17.3 Å². The molecule has 116 valence electrons. The Morgan fingerprint density at radius 1 is 1.36 bits per heavy atom. The van der Waals surface area contributed by atoms with Crippen LogP contribution in [0.2, 0.25) is 0 Å². The van der Waals surface area contributed by atoms with Crippen LogP contribution >= 0.6 is 11.3 Å². The van der Waals surface area contributed by atoms with Gasteiger partial charge in [0.05, 0.1) is 25.2 Å². The Balaban J connectivity index is 1.82. The Bertz CT molecular complexity index is 751. The standard InChI is InChI=1S/C15H17N3O3S/c1-2-21-15(20)13-16-7-10(22-13)8-18-9-17-12-6-4-3-5-11(12)14(18)19/h7,9H,2-6,8H2,1H3. The number of nitrogens with zero attached hydrogens (tertiary/aromatic N) is 3. The molecule has 0 radical (unpaired) electrons. The highest BCUT2D eigenvalue weighted by Gasteiger charge is 2.17. The van der Waals surface area contributed by atoms with E-state index >= 15 is 0 Å². The summed E-state index contributed by atoms with van der Waals surface area (Å²) in [6.07, 6.45) is 7.04. The second-order valence-corrected chi connectivity index (χ2v) is 6.28. The van der Waals surface area contributed by atoms with Crippen LogP contribution in [0.5, 0.6) is 0 Å². The predicted octanol–water partition coefficient (Wildman–Crippen LogP) is 1.80. The number of thiazole rings is 1. The number of ether oxygens (including phenoxy) is 1. The van der Waals surface area contributed by atoms with E-state index in [1.165, 1.54) is 11.3 Å². The maximum Gasteiger partial charge on any atom is 0.367 e. The average molecular weight is 319 g/mol. The number of fused-ring (bicyclic) bond motifs is 1. The van der Waals surface area contributed by atoms with Gasteiger partial charge in [0.15, 0.2) is 0 Å². The predicted molar refractivity (Wildman–Crippen MR) is 82.3 cm³/mol. The Morgan fingerprint density at radius 3 is 3.00 bits per heavy atom. The molecule has 2 aromatic heterocycles. The van der Waals surface area contributed by atoms with Crippen LogP contribution in [-0.4, -0.2) is 27.1 Å². The van der Waals surface area contributed by atoms with Crippen LogP contribution in [0.3, 0.4) is 0 Å². The zero-order valence-electron chi connectivity index (χ0n) is 12.4. The van der Waals surface area contributed by atoms with Gasteiger partial charge < -0.3 is 4.74 Å². The number of aromatic nitrogens is 3. The minimum absolute atomic E-state index is 0.0239. The van der Waals surface area contributed by atoms with Crippen LogP contribution in [0.25, 0.3) is 0 Å². The smallest absolute Gasteiger partial charge is 0.367 e. The van der Waals surface area contributed by atoms with Crippen molar-refractivity contribution in [2.24, 2.45) is 0 Å². The molecule has 1 aliphatic carbocycles. The van der Waals surface area contributed by atoms with E-state index in [2.05, 4.69) is 9.97 Å². The minimum Gasteiger partial charge on any atom is -0.461 e. The first-order valence-electron chi connectivity index (χ1n) is 7.38. The maximum absolute atomic E-state index is 12.5. The van der Waals surface area contributed by atoms with E-state index < -0.39 is 5.97 Å². The highest BCUT2D eigenvalue weighted by atomic mass is 32.1. The molecule has 0 amide bonds. The largest absolute Gasteiger partial charge is 0.461 e. The highest BCUT2D eigenvalue weighted by Crippen LogP contribution is 2.17. The number of hydrogen-bond donors (Lipinski definition) is 0. The number of rotatable bonds is 4. The molecule has 0 spiro atoms. The van der Waals surface area contributed by atoms with Gasteiger partial charge in [0.1, 0.15) is 0 Å². The second kappa shape index (κ2) is 6.39. The van der Waals surface area contributed by atoms with Crippen molar-refractivity contribution in [2.45, 2.75) is 39.2 Å². The lowest BCUT2D eigenvalue weighted by Gasteiger charge is -2.15. The van der Waals surface area contributed by atoms with Crippen LogP contribution in [0.1, 0.15) is 45.7 Å². The molecule has 2 aromatic rings. The van der Waals surface area contributed by atoms with Gasteiger partial charge in [-0.3, -0.25) is 9.36 Å². The van der Waals surface area contributed by atoms with Gasteiger partial charge in [-0.2, -0.15) is 0 Å². The highest BCUT2D eigenvalue weighted by molar-refractivity contribution is 7.13. The Morgan fingerprint density at radius 2 is 2.18 bits per heavy atom. The van der Waals surface area contributed by atoms with Crippen molar-refractivity contribution in [2.75, 3.05) is 6.61 Å². The Kier molecular flexibility index (Phi) is 4.33. The Hall–Kier alpha value is -2.02.